The van der Waals surface area contributed by atoms with E-state index in [4.69, 9.17) is 23.2 Å². The van der Waals surface area contributed by atoms with Crippen molar-refractivity contribution in [2.75, 3.05) is 0 Å². The van der Waals surface area contributed by atoms with Gasteiger partial charge in [0.05, 0.1) is 6.04 Å². The van der Waals surface area contributed by atoms with Crippen LogP contribution in [0.2, 0.25) is 10.0 Å². The summed E-state index contributed by atoms with van der Waals surface area (Å²) >= 11 is 12.7. The van der Waals surface area contributed by atoms with E-state index in [-0.39, 0.29) is 6.04 Å². The Labute approximate surface area is 139 Å². The summed E-state index contributed by atoms with van der Waals surface area (Å²) in [6, 6.07) is 14.0. The summed E-state index contributed by atoms with van der Waals surface area (Å²) in [6.07, 6.45) is 4.08. The second-order valence-electron chi connectivity index (χ2n) is 5.46. The molecule has 1 aliphatic rings. The Hall–Kier alpha value is -1.74. The highest BCUT2D eigenvalue weighted by atomic mass is 35.5. The number of fused-ring (bicyclic) bond motifs is 3. The summed E-state index contributed by atoms with van der Waals surface area (Å²) in [7, 11) is 0. The molecule has 0 saturated carbocycles. The number of aromatic nitrogens is 1. The zero-order valence-corrected chi connectivity index (χ0v) is 13.2. The van der Waals surface area contributed by atoms with Crippen LogP contribution in [0.5, 0.6) is 0 Å². The van der Waals surface area contributed by atoms with Crippen LogP contribution in [0.15, 0.2) is 54.9 Å². The third-order valence-electron chi connectivity index (χ3n) is 4.16. The first-order chi connectivity index (χ1) is 10.7. The number of aromatic amines is 1. The van der Waals surface area contributed by atoms with Crippen molar-refractivity contribution in [1.29, 1.82) is 0 Å². The van der Waals surface area contributed by atoms with Crippen molar-refractivity contribution in [3.63, 3.8) is 0 Å². The summed E-state index contributed by atoms with van der Waals surface area (Å²) in [5, 5.41) is 5.10. The van der Waals surface area contributed by atoms with Gasteiger partial charge in [0.2, 0.25) is 0 Å². The third kappa shape index (κ3) is 2.24. The van der Waals surface area contributed by atoms with Crippen molar-refractivity contribution in [3.8, 4) is 11.1 Å². The highest BCUT2D eigenvalue weighted by molar-refractivity contribution is 6.31. The van der Waals surface area contributed by atoms with Crippen LogP contribution in [0.3, 0.4) is 0 Å². The number of benzene rings is 2. The molecule has 0 fully saturated rings. The van der Waals surface area contributed by atoms with Gasteiger partial charge in [0.1, 0.15) is 0 Å². The molecule has 1 aromatic heterocycles. The molecule has 22 heavy (non-hydrogen) atoms. The molecule has 2 nitrogen and oxygen atoms in total. The van der Waals surface area contributed by atoms with Crippen molar-refractivity contribution in [3.05, 3.63) is 81.6 Å². The SMILES string of the molecule is Clc1ccc2c(c1)C(c1ccccc1Cl)NCc1c[nH]cc1-2. The summed E-state index contributed by atoms with van der Waals surface area (Å²) in [6.45, 7) is 0.779. The van der Waals surface area contributed by atoms with Gasteiger partial charge in [-0.2, -0.15) is 0 Å². The van der Waals surface area contributed by atoms with Gasteiger partial charge in [-0.05, 0) is 40.5 Å². The molecule has 2 N–H and O–H groups in total. The van der Waals surface area contributed by atoms with E-state index in [1.54, 1.807) is 0 Å². The molecule has 110 valence electrons. The van der Waals surface area contributed by atoms with Gasteiger partial charge in [-0.15, -0.1) is 0 Å². The average Bonchev–Trinajstić information content (AvgIpc) is 2.92. The molecule has 4 rings (SSSR count). The Balaban J connectivity index is 1.95. The van der Waals surface area contributed by atoms with E-state index in [2.05, 4.69) is 22.4 Å². The van der Waals surface area contributed by atoms with Crippen molar-refractivity contribution < 1.29 is 0 Å². The van der Waals surface area contributed by atoms with Gasteiger partial charge in [0.25, 0.3) is 0 Å². The lowest BCUT2D eigenvalue weighted by atomic mass is 9.92. The molecule has 0 spiro atoms. The minimum atomic E-state index is 0.0230. The second-order valence-corrected chi connectivity index (χ2v) is 6.30. The average molecular weight is 329 g/mol. The Kier molecular flexibility index (Phi) is 3.45. The van der Waals surface area contributed by atoms with E-state index >= 15 is 0 Å². The molecule has 3 aromatic rings. The quantitative estimate of drug-likeness (QED) is 0.632. The standard InChI is InChI=1S/C18H14Cl2N2/c19-12-5-6-13-15(7-12)18(14-3-1-2-4-17(14)20)22-9-11-8-21-10-16(11)13/h1-8,10,18,21-22H,9H2. The Morgan fingerprint density at radius 3 is 2.64 bits per heavy atom. The minimum absolute atomic E-state index is 0.0230. The van der Waals surface area contributed by atoms with Gasteiger partial charge < -0.3 is 10.3 Å². The monoisotopic (exact) mass is 328 g/mol. The number of hydrogen-bond donors (Lipinski definition) is 2. The van der Waals surface area contributed by atoms with Crippen LogP contribution in [0.1, 0.15) is 22.7 Å². The minimum Gasteiger partial charge on any atom is -0.367 e. The number of H-pyrrole nitrogens is 1. The van der Waals surface area contributed by atoms with E-state index in [0.717, 1.165) is 27.7 Å². The predicted octanol–water partition coefficient (Wildman–Crippen LogP) is 5.18. The Morgan fingerprint density at radius 1 is 0.909 bits per heavy atom. The lowest BCUT2D eigenvalue weighted by Gasteiger charge is -2.21. The maximum atomic E-state index is 6.42. The third-order valence-corrected chi connectivity index (χ3v) is 4.74. The van der Waals surface area contributed by atoms with E-state index in [1.807, 2.05) is 42.7 Å². The lowest BCUT2D eigenvalue weighted by molar-refractivity contribution is 0.613. The van der Waals surface area contributed by atoms with Crippen LogP contribution in [0.4, 0.5) is 0 Å². The second kappa shape index (κ2) is 5.47. The van der Waals surface area contributed by atoms with Crippen LogP contribution < -0.4 is 5.32 Å². The molecule has 1 aliphatic heterocycles. The van der Waals surface area contributed by atoms with Crippen molar-refractivity contribution >= 4 is 23.2 Å². The number of halogens is 2. The first-order valence-electron chi connectivity index (χ1n) is 7.17. The fourth-order valence-electron chi connectivity index (χ4n) is 3.12. The number of nitrogens with one attached hydrogen (secondary N) is 2. The molecule has 1 atom stereocenters. The first-order valence-corrected chi connectivity index (χ1v) is 7.93. The molecule has 0 bridgehead atoms. The maximum Gasteiger partial charge on any atom is 0.0600 e. The fourth-order valence-corrected chi connectivity index (χ4v) is 3.54. The van der Waals surface area contributed by atoms with E-state index < -0.39 is 0 Å². The van der Waals surface area contributed by atoms with Crippen LogP contribution in [0, 0.1) is 0 Å². The summed E-state index contributed by atoms with van der Waals surface area (Å²) < 4.78 is 0. The zero-order chi connectivity index (χ0) is 15.1. The van der Waals surface area contributed by atoms with Gasteiger partial charge in [-0.1, -0.05) is 47.5 Å². The van der Waals surface area contributed by atoms with Gasteiger partial charge in [0.15, 0.2) is 0 Å². The summed E-state index contributed by atoms with van der Waals surface area (Å²) in [4.78, 5) is 3.19. The molecule has 0 aliphatic carbocycles. The largest absolute Gasteiger partial charge is 0.367 e. The smallest absolute Gasteiger partial charge is 0.0600 e. The van der Waals surface area contributed by atoms with Crippen LogP contribution in [0.25, 0.3) is 11.1 Å². The molecule has 0 saturated heterocycles. The van der Waals surface area contributed by atoms with Crippen LogP contribution in [-0.4, -0.2) is 4.98 Å². The van der Waals surface area contributed by atoms with Gasteiger partial charge in [-0.25, -0.2) is 0 Å². The van der Waals surface area contributed by atoms with Crippen molar-refractivity contribution in [2.45, 2.75) is 12.6 Å². The van der Waals surface area contributed by atoms with Gasteiger partial charge >= 0.3 is 0 Å². The molecule has 0 amide bonds. The predicted molar refractivity (Wildman–Crippen MR) is 91.4 cm³/mol. The van der Waals surface area contributed by atoms with E-state index in [0.29, 0.717) is 0 Å². The molecular formula is C18H14Cl2N2. The molecule has 0 radical (unpaired) electrons. The lowest BCUT2D eigenvalue weighted by Crippen LogP contribution is -2.21. The first kappa shape index (κ1) is 13.9. The van der Waals surface area contributed by atoms with Crippen LogP contribution >= 0.6 is 23.2 Å². The summed E-state index contributed by atoms with van der Waals surface area (Å²) in [5.41, 5.74) is 5.88. The van der Waals surface area contributed by atoms with Crippen molar-refractivity contribution in [2.24, 2.45) is 0 Å². The Morgan fingerprint density at radius 2 is 1.77 bits per heavy atom. The van der Waals surface area contributed by atoms with Crippen LogP contribution in [-0.2, 0) is 6.54 Å². The summed E-state index contributed by atoms with van der Waals surface area (Å²) in [5.74, 6) is 0. The molecule has 2 aromatic carbocycles. The zero-order valence-electron chi connectivity index (χ0n) is 11.7. The fraction of sp³-hybridized carbons (Fsp3) is 0.111. The van der Waals surface area contributed by atoms with E-state index in [1.165, 1.54) is 16.7 Å². The topological polar surface area (TPSA) is 27.8 Å². The normalized spacial score (nSPS) is 16.7. The molecule has 2 heterocycles. The Bertz CT molecular complexity index is 839. The van der Waals surface area contributed by atoms with Gasteiger partial charge in [-0.3, -0.25) is 0 Å². The molecule has 1 unspecified atom stereocenters. The number of rotatable bonds is 1. The highest BCUT2D eigenvalue weighted by Gasteiger charge is 2.25. The molecule has 4 heteroatoms. The molecular weight excluding hydrogens is 315 g/mol. The van der Waals surface area contributed by atoms with Crippen molar-refractivity contribution in [1.82, 2.24) is 10.3 Å². The van der Waals surface area contributed by atoms with E-state index in [9.17, 15) is 0 Å². The number of hydrogen-bond acceptors (Lipinski definition) is 1. The van der Waals surface area contributed by atoms with Gasteiger partial charge in [0, 0.05) is 34.5 Å². The highest BCUT2D eigenvalue weighted by Crippen LogP contribution is 2.39. The maximum absolute atomic E-state index is 6.42.